The highest BCUT2D eigenvalue weighted by Crippen LogP contribution is 2.51. The second kappa shape index (κ2) is 10.9. The van der Waals surface area contributed by atoms with Gasteiger partial charge in [0.1, 0.15) is 18.5 Å². The normalized spacial score (nSPS) is 28.7. The molecule has 0 aliphatic heterocycles. The summed E-state index contributed by atoms with van der Waals surface area (Å²) in [5, 5.41) is 29.4. The third-order valence-electron chi connectivity index (χ3n) is 6.36. The van der Waals surface area contributed by atoms with Crippen LogP contribution < -0.4 is 4.74 Å². The van der Waals surface area contributed by atoms with Crippen molar-refractivity contribution in [3.8, 4) is 5.75 Å². The van der Waals surface area contributed by atoms with E-state index in [9.17, 15) is 28.2 Å². The summed E-state index contributed by atoms with van der Waals surface area (Å²) in [6.07, 6.45) is 1.13. The molecule has 0 radical (unpaired) electrons. The zero-order valence-electron chi connectivity index (χ0n) is 17.6. The van der Waals surface area contributed by atoms with Crippen LogP contribution in [-0.2, 0) is 11.0 Å². The standard InChI is InChI=1S/C23H29F3O5S/c24-23(25,26)16-2-1-3-18(11-16)31-12-17(27)4-5-19-20-9-14(6-7-32-13-22(29)30)8-15(20)10-21(19)28/h1-5,11,14-15,17,19-21,27-28H,6-10,12-13H2,(H,29,30)/t14?,15-,17?,19-,20+,21-/m0/s1. The quantitative estimate of drug-likeness (QED) is 0.348. The van der Waals surface area contributed by atoms with Gasteiger partial charge in [-0.2, -0.15) is 24.9 Å². The summed E-state index contributed by atoms with van der Waals surface area (Å²) in [6.45, 7) is -0.182. The number of halogens is 3. The zero-order valence-corrected chi connectivity index (χ0v) is 18.4. The van der Waals surface area contributed by atoms with Crippen molar-refractivity contribution in [3.05, 3.63) is 42.0 Å². The van der Waals surface area contributed by atoms with Gasteiger partial charge in [0.15, 0.2) is 0 Å². The van der Waals surface area contributed by atoms with Gasteiger partial charge in [-0.1, -0.05) is 18.2 Å². The van der Waals surface area contributed by atoms with E-state index in [2.05, 4.69) is 0 Å². The van der Waals surface area contributed by atoms with Gasteiger partial charge in [-0.3, -0.25) is 4.79 Å². The summed E-state index contributed by atoms with van der Waals surface area (Å²) in [6, 6.07) is 4.52. The van der Waals surface area contributed by atoms with Crippen LogP contribution in [0.2, 0.25) is 0 Å². The maximum absolute atomic E-state index is 12.8. The van der Waals surface area contributed by atoms with Crippen molar-refractivity contribution < 1.29 is 38.0 Å². The lowest BCUT2D eigenvalue weighted by Gasteiger charge is -2.19. The molecule has 0 aromatic heterocycles. The van der Waals surface area contributed by atoms with Gasteiger partial charge in [-0.05, 0) is 67.4 Å². The van der Waals surface area contributed by atoms with Crippen LogP contribution in [0.5, 0.6) is 5.75 Å². The van der Waals surface area contributed by atoms with Gasteiger partial charge in [-0.25, -0.2) is 0 Å². The number of carboxylic acids is 1. The molecule has 3 N–H and O–H groups in total. The van der Waals surface area contributed by atoms with Crippen molar-refractivity contribution in [2.45, 2.75) is 44.1 Å². The molecular weight excluding hydrogens is 445 g/mol. The molecule has 5 nitrogen and oxygen atoms in total. The molecule has 178 valence electrons. The first-order chi connectivity index (χ1) is 15.1. The number of rotatable bonds is 10. The predicted octanol–water partition coefficient (Wildman–Crippen LogP) is 4.23. The van der Waals surface area contributed by atoms with Crippen LogP contribution in [0.15, 0.2) is 36.4 Å². The maximum Gasteiger partial charge on any atom is 0.416 e. The minimum atomic E-state index is -4.46. The molecule has 9 heteroatoms. The van der Waals surface area contributed by atoms with Crippen molar-refractivity contribution in [2.24, 2.45) is 23.7 Å². The van der Waals surface area contributed by atoms with Crippen LogP contribution in [0.4, 0.5) is 13.2 Å². The lowest BCUT2D eigenvalue weighted by Crippen LogP contribution is -2.20. The number of carbonyl (C=O) groups is 1. The van der Waals surface area contributed by atoms with E-state index in [1.165, 1.54) is 23.9 Å². The number of alkyl halides is 3. The first-order valence-corrected chi connectivity index (χ1v) is 11.9. The molecule has 2 fully saturated rings. The fourth-order valence-corrected chi connectivity index (χ4v) is 5.76. The molecule has 0 amide bonds. The van der Waals surface area contributed by atoms with Crippen molar-refractivity contribution in [3.63, 3.8) is 0 Å². The largest absolute Gasteiger partial charge is 0.491 e. The molecule has 3 rings (SSSR count). The number of hydrogen-bond donors (Lipinski definition) is 3. The third kappa shape index (κ3) is 6.89. The molecule has 32 heavy (non-hydrogen) atoms. The first kappa shape index (κ1) is 24.9. The third-order valence-corrected chi connectivity index (χ3v) is 7.34. The molecule has 2 saturated carbocycles. The van der Waals surface area contributed by atoms with E-state index in [-0.39, 0.29) is 24.0 Å². The Morgan fingerprint density at radius 1 is 1.28 bits per heavy atom. The predicted molar refractivity (Wildman–Crippen MR) is 115 cm³/mol. The Hall–Kier alpha value is -1.71. The van der Waals surface area contributed by atoms with Crippen LogP contribution in [0.25, 0.3) is 0 Å². The van der Waals surface area contributed by atoms with Crippen molar-refractivity contribution in [2.75, 3.05) is 18.1 Å². The Morgan fingerprint density at radius 2 is 2.06 bits per heavy atom. The molecule has 1 aromatic rings. The van der Waals surface area contributed by atoms with Crippen molar-refractivity contribution >= 4 is 17.7 Å². The molecule has 0 saturated heterocycles. The van der Waals surface area contributed by atoms with Gasteiger partial charge in [0, 0.05) is 5.92 Å². The van der Waals surface area contributed by atoms with E-state index >= 15 is 0 Å². The monoisotopic (exact) mass is 474 g/mol. The van der Waals surface area contributed by atoms with Crippen LogP contribution in [0.1, 0.15) is 31.2 Å². The van der Waals surface area contributed by atoms with Gasteiger partial charge in [0.2, 0.25) is 0 Å². The van der Waals surface area contributed by atoms with Gasteiger partial charge < -0.3 is 20.1 Å². The number of hydrogen-bond acceptors (Lipinski definition) is 5. The highest BCUT2D eigenvalue weighted by atomic mass is 32.2. The molecule has 0 heterocycles. The Labute approximate surface area is 189 Å². The summed E-state index contributed by atoms with van der Waals surface area (Å²) in [7, 11) is 0. The summed E-state index contributed by atoms with van der Waals surface area (Å²) in [4.78, 5) is 10.6. The van der Waals surface area contributed by atoms with E-state index in [4.69, 9.17) is 9.84 Å². The Kier molecular flexibility index (Phi) is 8.52. The SMILES string of the molecule is O=C(O)CSCCC1C[C@H]2C[C@H](O)[C@@H](C=CC(O)COc3cccc(C(F)(F)F)c3)[C@@H]2C1. The van der Waals surface area contributed by atoms with E-state index in [1.54, 1.807) is 6.08 Å². The number of aliphatic hydroxyl groups excluding tert-OH is 2. The molecule has 2 aliphatic rings. The van der Waals surface area contributed by atoms with Crippen LogP contribution >= 0.6 is 11.8 Å². The number of benzene rings is 1. The average Bonchev–Trinajstić information content (AvgIpc) is 3.24. The van der Waals surface area contributed by atoms with Crippen LogP contribution in [0.3, 0.4) is 0 Å². The zero-order chi connectivity index (χ0) is 23.3. The molecule has 2 unspecified atom stereocenters. The van der Waals surface area contributed by atoms with E-state index in [0.29, 0.717) is 17.8 Å². The summed E-state index contributed by atoms with van der Waals surface area (Å²) in [5.74, 6) is 1.35. The fourth-order valence-electron chi connectivity index (χ4n) is 4.94. The second-order valence-electron chi connectivity index (χ2n) is 8.67. The minimum absolute atomic E-state index is 0.0349. The number of aliphatic hydroxyl groups is 2. The summed E-state index contributed by atoms with van der Waals surface area (Å²) in [5.41, 5.74) is -0.808. The van der Waals surface area contributed by atoms with Gasteiger partial charge in [0.25, 0.3) is 0 Å². The Morgan fingerprint density at radius 3 is 2.78 bits per heavy atom. The number of fused-ring (bicyclic) bond motifs is 1. The van der Waals surface area contributed by atoms with Crippen molar-refractivity contribution in [1.29, 1.82) is 0 Å². The summed E-state index contributed by atoms with van der Waals surface area (Å²) >= 11 is 1.43. The van der Waals surface area contributed by atoms with E-state index < -0.39 is 29.9 Å². The number of thioether (sulfide) groups is 1. The molecular formula is C23H29F3O5S. The Bertz CT molecular complexity index is 800. The number of aliphatic carboxylic acids is 1. The fraction of sp³-hybridized carbons (Fsp3) is 0.609. The molecule has 1 aromatic carbocycles. The van der Waals surface area contributed by atoms with Gasteiger partial charge in [0.05, 0.1) is 17.4 Å². The number of carboxylic acid groups (broad SMARTS) is 1. The minimum Gasteiger partial charge on any atom is -0.491 e. The lowest BCUT2D eigenvalue weighted by atomic mass is 9.89. The highest BCUT2D eigenvalue weighted by Gasteiger charge is 2.46. The Balaban J connectivity index is 1.47. The van der Waals surface area contributed by atoms with E-state index in [1.807, 2.05) is 6.08 Å². The first-order valence-electron chi connectivity index (χ1n) is 10.8. The molecule has 0 bridgehead atoms. The lowest BCUT2D eigenvalue weighted by molar-refractivity contribution is -0.137. The van der Waals surface area contributed by atoms with Gasteiger partial charge >= 0.3 is 12.1 Å². The molecule has 0 spiro atoms. The topological polar surface area (TPSA) is 87.0 Å². The van der Waals surface area contributed by atoms with Gasteiger partial charge in [-0.15, -0.1) is 0 Å². The van der Waals surface area contributed by atoms with Crippen LogP contribution in [-0.4, -0.2) is 51.6 Å². The molecule has 2 aliphatic carbocycles. The van der Waals surface area contributed by atoms with Crippen molar-refractivity contribution in [1.82, 2.24) is 0 Å². The maximum atomic E-state index is 12.8. The highest BCUT2D eigenvalue weighted by molar-refractivity contribution is 7.99. The smallest absolute Gasteiger partial charge is 0.416 e. The molecule has 6 atom stereocenters. The average molecular weight is 475 g/mol. The number of ether oxygens (including phenoxy) is 1. The van der Waals surface area contributed by atoms with Crippen LogP contribution in [0, 0.1) is 23.7 Å². The second-order valence-corrected chi connectivity index (χ2v) is 9.77. The summed E-state index contributed by atoms with van der Waals surface area (Å²) < 4.78 is 43.7. The van der Waals surface area contributed by atoms with E-state index in [0.717, 1.165) is 43.6 Å².